The van der Waals surface area contributed by atoms with Crippen LogP contribution in [0.2, 0.25) is 10.0 Å². The quantitative estimate of drug-likeness (QED) is 0.592. The van der Waals surface area contributed by atoms with Gasteiger partial charge in [0.1, 0.15) is 5.82 Å². The third-order valence-electron chi connectivity index (χ3n) is 2.16. The summed E-state index contributed by atoms with van der Waals surface area (Å²) in [4.78, 5) is 0. The van der Waals surface area contributed by atoms with Crippen molar-refractivity contribution in [3.05, 3.63) is 55.8 Å². The molecule has 0 unspecified atom stereocenters. The fourth-order valence-electron chi connectivity index (χ4n) is 1.38. The standard InChI is InChI=1S/C12H6Cl2FI/c13-10-3-1-7(5-11(10)14)9-6-8(16)2-4-12(9)15/h1-6H. The first-order chi connectivity index (χ1) is 7.58. The average molecular weight is 367 g/mol. The lowest BCUT2D eigenvalue weighted by molar-refractivity contribution is 0.631. The molecular formula is C12H6Cl2FI. The van der Waals surface area contributed by atoms with Crippen LogP contribution in [-0.2, 0) is 0 Å². The van der Waals surface area contributed by atoms with Crippen molar-refractivity contribution in [3.8, 4) is 11.1 Å². The molecule has 16 heavy (non-hydrogen) atoms. The number of benzene rings is 2. The molecule has 0 radical (unpaired) electrons. The van der Waals surface area contributed by atoms with Gasteiger partial charge in [-0.05, 0) is 58.5 Å². The van der Waals surface area contributed by atoms with Gasteiger partial charge in [0.05, 0.1) is 10.0 Å². The van der Waals surface area contributed by atoms with Gasteiger partial charge in [0.25, 0.3) is 0 Å². The molecule has 0 fully saturated rings. The Morgan fingerprint density at radius 1 is 0.938 bits per heavy atom. The Balaban J connectivity index is 2.58. The molecular weight excluding hydrogens is 361 g/mol. The lowest BCUT2D eigenvalue weighted by atomic mass is 10.1. The zero-order valence-corrected chi connectivity index (χ0v) is 11.6. The van der Waals surface area contributed by atoms with Crippen LogP contribution in [0.15, 0.2) is 36.4 Å². The summed E-state index contributed by atoms with van der Waals surface area (Å²) in [6.07, 6.45) is 0. The van der Waals surface area contributed by atoms with Crippen LogP contribution in [0.4, 0.5) is 4.39 Å². The predicted molar refractivity (Wildman–Crippen MR) is 74.6 cm³/mol. The number of hydrogen-bond acceptors (Lipinski definition) is 0. The van der Waals surface area contributed by atoms with Crippen LogP contribution in [0, 0.1) is 9.39 Å². The SMILES string of the molecule is Fc1ccc(I)cc1-c1ccc(Cl)c(Cl)c1. The number of halogens is 4. The number of rotatable bonds is 1. The maximum Gasteiger partial charge on any atom is 0.131 e. The molecule has 0 nitrogen and oxygen atoms in total. The molecule has 2 rings (SSSR count). The molecule has 4 heteroatoms. The Morgan fingerprint density at radius 3 is 2.38 bits per heavy atom. The first-order valence-electron chi connectivity index (χ1n) is 4.48. The van der Waals surface area contributed by atoms with Gasteiger partial charge in [0.15, 0.2) is 0 Å². The summed E-state index contributed by atoms with van der Waals surface area (Å²) < 4.78 is 14.6. The highest BCUT2D eigenvalue weighted by atomic mass is 127. The summed E-state index contributed by atoms with van der Waals surface area (Å²) in [6, 6.07) is 10.0. The lowest BCUT2D eigenvalue weighted by Crippen LogP contribution is -1.85. The van der Waals surface area contributed by atoms with E-state index in [-0.39, 0.29) is 5.82 Å². The van der Waals surface area contributed by atoms with Crippen LogP contribution < -0.4 is 0 Å². The molecule has 2 aromatic rings. The molecule has 0 aliphatic carbocycles. The number of hydrogen-bond donors (Lipinski definition) is 0. The van der Waals surface area contributed by atoms with Crippen molar-refractivity contribution < 1.29 is 4.39 Å². The molecule has 2 aromatic carbocycles. The van der Waals surface area contributed by atoms with Gasteiger partial charge < -0.3 is 0 Å². The Morgan fingerprint density at radius 2 is 1.69 bits per heavy atom. The molecule has 0 bridgehead atoms. The van der Waals surface area contributed by atoms with E-state index >= 15 is 0 Å². The minimum Gasteiger partial charge on any atom is -0.206 e. The van der Waals surface area contributed by atoms with Gasteiger partial charge in [-0.3, -0.25) is 0 Å². The minimum absolute atomic E-state index is 0.265. The Kier molecular flexibility index (Phi) is 3.72. The van der Waals surface area contributed by atoms with Crippen LogP contribution in [0.25, 0.3) is 11.1 Å². The molecule has 0 heterocycles. The predicted octanol–water partition coefficient (Wildman–Crippen LogP) is 5.40. The third kappa shape index (κ3) is 2.50. The lowest BCUT2D eigenvalue weighted by Gasteiger charge is -2.05. The molecule has 0 aliphatic rings. The molecule has 0 aliphatic heterocycles. The van der Waals surface area contributed by atoms with E-state index in [9.17, 15) is 4.39 Å². The molecule has 0 N–H and O–H groups in total. The Hall–Kier alpha value is -0.320. The molecule has 0 atom stereocenters. The summed E-state index contributed by atoms with van der Waals surface area (Å²) in [5.74, 6) is -0.265. The summed E-state index contributed by atoms with van der Waals surface area (Å²) in [6.45, 7) is 0. The van der Waals surface area contributed by atoms with E-state index in [2.05, 4.69) is 22.6 Å². The van der Waals surface area contributed by atoms with Gasteiger partial charge in [-0.1, -0.05) is 29.3 Å². The van der Waals surface area contributed by atoms with Gasteiger partial charge in [-0.15, -0.1) is 0 Å². The minimum atomic E-state index is -0.265. The van der Waals surface area contributed by atoms with E-state index in [1.54, 1.807) is 30.3 Å². The molecule has 0 saturated carbocycles. The Bertz CT molecular complexity index is 541. The summed E-state index contributed by atoms with van der Waals surface area (Å²) in [7, 11) is 0. The van der Waals surface area contributed by atoms with E-state index in [0.717, 1.165) is 9.13 Å². The van der Waals surface area contributed by atoms with E-state index in [1.165, 1.54) is 6.07 Å². The van der Waals surface area contributed by atoms with Gasteiger partial charge in [0.2, 0.25) is 0 Å². The highest BCUT2D eigenvalue weighted by Crippen LogP contribution is 2.30. The van der Waals surface area contributed by atoms with Crippen molar-refractivity contribution in [3.63, 3.8) is 0 Å². The smallest absolute Gasteiger partial charge is 0.131 e. The maximum atomic E-state index is 13.6. The van der Waals surface area contributed by atoms with Crippen LogP contribution in [0.1, 0.15) is 0 Å². The second-order valence-electron chi connectivity index (χ2n) is 3.25. The molecule has 0 saturated heterocycles. The second-order valence-corrected chi connectivity index (χ2v) is 5.31. The first kappa shape index (κ1) is 12.1. The zero-order chi connectivity index (χ0) is 11.7. The van der Waals surface area contributed by atoms with Crippen LogP contribution in [0.5, 0.6) is 0 Å². The summed E-state index contributed by atoms with van der Waals surface area (Å²) >= 11 is 13.9. The van der Waals surface area contributed by atoms with Crippen molar-refractivity contribution >= 4 is 45.8 Å². The van der Waals surface area contributed by atoms with E-state index in [1.807, 2.05) is 0 Å². The molecule has 0 amide bonds. The Labute approximate surface area is 117 Å². The zero-order valence-electron chi connectivity index (χ0n) is 7.98. The molecule has 0 spiro atoms. The third-order valence-corrected chi connectivity index (χ3v) is 3.57. The molecule has 82 valence electrons. The maximum absolute atomic E-state index is 13.6. The van der Waals surface area contributed by atoms with Gasteiger partial charge >= 0.3 is 0 Å². The fraction of sp³-hybridized carbons (Fsp3) is 0. The average Bonchev–Trinajstić information content (AvgIpc) is 2.26. The first-order valence-corrected chi connectivity index (χ1v) is 6.32. The van der Waals surface area contributed by atoms with Crippen LogP contribution >= 0.6 is 45.8 Å². The highest BCUT2D eigenvalue weighted by Gasteiger charge is 2.07. The summed E-state index contributed by atoms with van der Waals surface area (Å²) in [5, 5.41) is 0.897. The summed E-state index contributed by atoms with van der Waals surface area (Å²) in [5.41, 5.74) is 1.26. The van der Waals surface area contributed by atoms with Crippen LogP contribution in [-0.4, -0.2) is 0 Å². The topological polar surface area (TPSA) is 0 Å². The van der Waals surface area contributed by atoms with E-state index in [0.29, 0.717) is 15.6 Å². The van der Waals surface area contributed by atoms with Gasteiger partial charge in [-0.25, -0.2) is 4.39 Å². The van der Waals surface area contributed by atoms with E-state index in [4.69, 9.17) is 23.2 Å². The van der Waals surface area contributed by atoms with Crippen molar-refractivity contribution in [2.24, 2.45) is 0 Å². The normalized spacial score (nSPS) is 10.5. The van der Waals surface area contributed by atoms with Crippen molar-refractivity contribution in [1.82, 2.24) is 0 Å². The van der Waals surface area contributed by atoms with Gasteiger partial charge in [0, 0.05) is 9.13 Å². The van der Waals surface area contributed by atoms with Crippen LogP contribution in [0.3, 0.4) is 0 Å². The van der Waals surface area contributed by atoms with Crippen molar-refractivity contribution in [1.29, 1.82) is 0 Å². The van der Waals surface area contributed by atoms with Crippen molar-refractivity contribution in [2.75, 3.05) is 0 Å². The largest absolute Gasteiger partial charge is 0.206 e. The van der Waals surface area contributed by atoms with Gasteiger partial charge in [-0.2, -0.15) is 0 Å². The monoisotopic (exact) mass is 366 g/mol. The molecule has 0 aromatic heterocycles. The second kappa shape index (κ2) is 4.90. The fourth-order valence-corrected chi connectivity index (χ4v) is 2.17. The highest BCUT2D eigenvalue weighted by molar-refractivity contribution is 14.1. The van der Waals surface area contributed by atoms with Crippen molar-refractivity contribution in [2.45, 2.75) is 0 Å². The van der Waals surface area contributed by atoms with E-state index < -0.39 is 0 Å².